The maximum absolute atomic E-state index is 9.11. The zero-order valence-corrected chi connectivity index (χ0v) is 48.0. The number of nitrogens with zero attached hydrogens (tertiary/aromatic N) is 4. The van der Waals surface area contributed by atoms with Crippen LogP contribution >= 0.6 is 0 Å². The summed E-state index contributed by atoms with van der Waals surface area (Å²) in [6, 6.07) is 66.2. The number of aromatic nitrogens is 2. The molecule has 6 heteroatoms. The molecule has 12 rings (SSSR count). The smallest absolute Gasteiger partial charge is 0.135 e. The molecular weight excluding hydrogens is 1120 g/mol. The Balaban J connectivity index is 0.00000675. The summed E-state index contributed by atoms with van der Waals surface area (Å²) in [5, 5.41) is 2.17. The Bertz CT molecular complexity index is 4010. The quantitative estimate of drug-likeness (QED) is 0.142. The SMILES string of the molecule is [2H]C([2H])([2H])c1cc(-c2ccc(C(C)(C)C)cc2)ccc1-c1cccc(-c2ccc3c(c2)C(C)(C)CCC3(C)C)c1N1[CH-]N(c2[c-]c(Oc3[c-]c4c(cc3)c3ccccc3n4-c3cc(C(C)(C)C)ccn3)ccc2)c2ccccc21.[Pt]. The van der Waals surface area contributed by atoms with Gasteiger partial charge < -0.3 is 19.1 Å². The first-order valence-electron chi connectivity index (χ1n) is 28.2. The van der Waals surface area contributed by atoms with E-state index < -0.39 is 6.85 Å². The number of rotatable bonds is 8. The van der Waals surface area contributed by atoms with Gasteiger partial charge in [-0.1, -0.05) is 184 Å². The van der Waals surface area contributed by atoms with Gasteiger partial charge in [0, 0.05) is 76.6 Å². The fourth-order valence-electron chi connectivity index (χ4n) is 11.5. The maximum atomic E-state index is 9.11. The van der Waals surface area contributed by atoms with Gasteiger partial charge in [-0.15, -0.1) is 48.1 Å². The predicted octanol–water partition coefficient (Wildman–Crippen LogP) is 19.2. The van der Waals surface area contributed by atoms with Gasteiger partial charge in [-0.3, -0.25) is 0 Å². The fraction of sp³-hybridized carbons (Fsp3) is 0.239. The van der Waals surface area contributed by atoms with Crippen LogP contribution in [-0.4, -0.2) is 9.55 Å². The third-order valence-corrected chi connectivity index (χ3v) is 16.1. The Morgan fingerprint density at radius 1 is 0.558 bits per heavy atom. The van der Waals surface area contributed by atoms with Gasteiger partial charge in [0.15, 0.2) is 0 Å². The number of anilines is 4. The number of para-hydroxylation sites is 4. The fourth-order valence-corrected chi connectivity index (χ4v) is 11.5. The van der Waals surface area contributed by atoms with Crippen molar-refractivity contribution in [1.29, 1.82) is 0 Å². The number of aryl methyl sites for hydroxylation is 1. The van der Waals surface area contributed by atoms with Crippen molar-refractivity contribution in [3.63, 3.8) is 0 Å². The number of pyridine rings is 1. The molecule has 8 aromatic carbocycles. The molecule has 0 amide bonds. The van der Waals surface area contributed by atoms with E-state index in [1.807, 2.05) is 42.6 Å². The summed E-state index contributed by atoms with van der Waals surface area (Å²) < 4.78 is 36.2. The van der Waals surface area contributed by atoms with Crippen molar-refractivity contribution in [2.24, 2.45) is 0 Å². The standard InChI is InChI=1S/C71H67N4O.Pt/c1-46-40-48(47-26-30-50(31-27-47)68(2,3)4)28-33-55(46)59-22-17-21-56(49-29-35-60-61(41-49)71(10,11)38-37-70(60,8)9)67(59)74-45-73(63-24-14-15-25-64(63)74)52-18-16-19-53(43-52)76-54-32-34-58-57-20-12-13-23-62(57)75(65(58)44-54)66-42-51(36-39-72-66)69(5,6)7;/h12-36,39-42,45H,37-38H2,1-11H3;/q-3;/i1D3;. The molecule has 77 heavy (non-hydrogen) atoms. The van der Waals surface area contributed by atoms with E-state index in [1.165, 1.54) is 22.3 Å². The Morgan fingerprint density at radius 3 is 1.97 bits per heavy atom. The van der Waals surface area contributed by atoms with E-state index in [9.17, 15) is 0 Å². The summed E-state index contributed by atoms with van der Waals surface area (Å²) in [5.74, 6) is 1.91. The molecule has 5 nitrogen and oxygen atoms in total. The van der Waals surface area contributed by atoms with Crippen molar-refractivity contribution < 1.29 is 29.9 Å². The van der Waals surface area contributed by atoms with Crippen LogP contribution < -0.4 is 14.5 Å². The molecule has 390 valence electrons. The molecule has 2 aromatic heterocycles. The van der Waals surface area contributed by atoms with E-state index in [-0.39, 0.29) is 42.7 Å². The Kier molecular flexibility index (Phi) is 12.1. The number of hydrogen-bond acceptors (Lipinski definition) is 4. The second-order valence-electron chi connectivity index (χ2n) is 24.3. The molecule has 1 aliphatic heterocycles. The van der Waals surface area contributed by atoms with Crippen molar-refractivity contribution in [2.45, 2.75) is 111 Å². The van der Waals surface area contributed by atoms with Crippen LogP contribution in [0.25, 0.3) is 61.0 Å². The second-order valence-corrected chi connectivity index (χ2v) is 24.3. The van der Waals surface area contributed by atoms with Crippen LogP contribution in [-0.2, 0) is 42.7 Å². The third kappa shape index (κ3) is 9.39. The Labute approximate surface area is 475 Å². The first kappa shape index (κ1) is 48.2. The minimum atomic E-state index is -2.42. The number of ether oxygens (including phenoxy) is 1. The molecule has 0 atom stereocenters. The van der Waals surface area contributed by atoms with E-state index in [0.717, 1.165) is 91.0 Å². The summed E-state index contributed by atoms with van der Waals surface area (Å²) in [6.07, 6.45) is 4.09. The van der Waals surface area contributed by atoms with Gasteiger partial charge in [0.05, 0.1) is 0 Å². The zero-order valence-electron chi connectivity index (χ0n) is 48.7. The van der Waals surface area contributed by atoms with Crippen molar-refractivity contribution >= 4 is 44.6 Å². The molecule has 0 unspecified atom stereocenters. The van der Waals surface area contributed by atoms with Crippen molar-refractivity contribution in [1.82, 2.24) is 9.55 Å². The molecule has 3 heterocycles. The summed E-state index contributed by atoms with van der Waals surface area (Å²) in [6.45, 7) is 22.4. The van der Waals surface area contributed by atoms with Gasteiger partial charge in [0.1, 0.15) is 5.82 Å². The Morgan fingerprint density at radius 2 is 1.22 bits per heavy atom. The van der Waals surface area contributed by atoms with Gasteiger partial charge in [0.2, 0.25) is 0 Å². The van der Waals surface area contributed by atoms with Crippen LogP contribution in [0.1, 0.15) is 114 Å². The van der Waals surface area contributed by atoms with Gasteiger partial charge in [0.25, 0.3) is 0 Å². The maximum Gasteiger partial charge on any atom is 0.135 e. The molecule has 2 aliphatic rings. The zero-order chi connectivity index (χ0) is 55.4. The van der Waals surface area contributed by atoms with E-state index in [4.69, 9.17) is 13.8 Å². The summed E-state index contributed by atoms with van der Waals surface area (Å²) in [5.41, 5.74) is 16.2. The van der Waals surface area contributed by atoms with Crippen LogP contribution in [0.5, 0.6) is 11.5 Å². The summed E-state index contributed by atoms with van der Waals surface area (Å²) in [4.78, 5) is 9.27. The molecule has 0 N–H and O–H groups in total. The third-order valence-electron chi connectivity index (χ3n) is 16.1. The normalized spacial score (nSPS) is 15.6. The average molecular weight is 1190 g/mol. The largest absolute Gasteiger partial charge is 0.509 e. The second kappa shape index (κ2) is 19.4. The summed E-state index contributed by atoms with van der Waals surface area (Å²) >= 11 is 0. The molecule has 0 fully saturated rings. The van der Waals surface area contributed by atoms with Crippen LogP contribution in [0, 0.1) is 25.7 Å². The summed E-state index contributed by atoms with van der Waals surface area (Å²) in [7, 11) is 0. The monoisotopic (exact) mass is 1190 g/mol. The number of hydrogen-bond donors (Lipinski definition) is 0. The van der Waals surface area contributed by atoms with Crippen molar-refractivity contribution in [3.05, 3.63) is 223 Å². The number of benzene rings is 8. The molecule has 0 spiro atoms. The predicted molar refractivity (Wildman–Crippen MR) is 318 cm³/mol. The van der Waals surface area contributed by atoms with E-state index >= 15 is 0 Å². The first-order chi connectivity index (χ1) is 37.5. The van der Waals surface area contributed by atoms with Crippen LogP contribution in [0.15, 0.2) is 176 Å². The molecule has 10 aromatic rings. The van der Waals surface area contributed by atoms with Crippen LogP contribution in [0.4, 0.5) is 22.7 Å². The minimum absolute atomic E-state index is 0. The minimum Gasteiger partial charge on any atom is -0.509 e. The van der Waals surface area contributed by atoms with Crippen LogP contribution in [0.2, 0.25) is 0 Å². The number of fused-ring (bicyclic) bond motifs is 5. The van der Waals surface area contributed by atoms with E-state index in [2.05, 4.69) is 236 Å². The van der Waals surface area contributed by atoms with Crippen molar-refractivity contribution in [2.75, 3.05) is 9.80 Å². The molecular formula is C71H67N4OPt-3. The average Bonchev–Trinajstić information content (AvgIpc) is 4.18. The van der Waals surface area contributed by atoms with Gasteiger partial charge in [-0.25, -0.2) is 4.98 Å². The topological polar surface area (TPSA) is 33.5 Å². The first-order valence-corrected chi connectivity index (χ1v) is 26.7. The van der Waals surface area contributed by atoms with Gasteiger partial charge in [-0.2, -0.15) is 12.1 Å². The molecule has 0 radical (unpaired) electrons. The molecule has 0 bridgehead atoms. The van der Waals surface area contributed by atoms with E-state index in [0.29, 0.717) is 22.6 Å². The van der Waals surface area contributed by atoms with E-state index in [1.54, 1.807) is 0 Å². The Hall–Kier alpha value is -7.20. The van der Waals surface area contributed by atoms with Crippen LogP contribution in [0.3, 0.4) is 0 Å². The molecule has 0 saturated heterocycles. The molecule has 1 aliphatic carbocycles. The van der Waals surface area contributed by atoms with Crippen molar-refractivity contribution in [3.8, 4) is 50.7 Å². The van der Waals surface area contributed by atoms with Gasteiger partial charge >= 0.3 is 0 Å². The van der Waals surface area contributed by atoms with Gasteiger partial charge in [-0.05, 0) is 127 Å². The molecule has 0 saturated carbocycles.